The molecule has 2 aromatic carbocycles. The molecule has 1 atom stereocenters. The molecule has 0 amide bonds. The summed E-state index contributed by atoms with van der Waals surface area (Å²) in [5.74, 6) is 0. The van der Waals surface area contributed by atoms with Crippen molar-refractivity contribution in [1.82, 2.24) is 0 Å². The molecule has 4 heteroatoms. The van der Waals surface area contributed by atoms with E-state index in [0.29, 0.717) is 5.57 Å². The first-order valence-corrected chi connectivity index (χ1v) is 11.0. The minimum absolute atomic E-state index is 0.101. The molecule has 3 nitrogen and oxygen atoms in total. The topological polar surface area (TPSA) is 49.7 Å². The third-order valence-corrected chi connectivity index (χ3v) is 9.79. The molecule has 2 aromatic rings. The van der Waals surface area contributed by atoms with Gasteiger partial charge in [-0.05, 0) is 27.9 Å². The van der Waals surface area contributed by atoms with Gasteiger partial charge in [-0.25, -0.2) is 0 Å². The second-order valence-corrected chi connectivity index (χ2v) is 11.9. The molecule has 26 heavy (non-hydrogen) atoms. The lowest BCUT2D eigenvalue weighted by Crippen LogP contribution is -2.67. The SMILES string of the molecule is C[C@@H](C=C(CO)CO)O[Si](c1ccccc1)(c1ccccc1)C(C)(C)C. The van der Waals surface area contributed by atoms with Gasteiger partial charge >= 0.3 is 0 Å². The van der Waals surface area contributed by atoms with Gasteiger partial charge in [0.2, 0.25) is 0 Å². The highest BCUT2D eigenvalue weighted by molar-refractivity contribution is 6.99. The van der Waals surface area contributed by atoms with Crippen LogP contribution in [0.4, 0.5) is 0 Å². The van der Waals surface area contributed by atoms with Crippen LogP contribution in [0.25, 0.3) is 0 Å². The van der Waals surface area contributed by atoms with Crippen molar-refractivity contribution in [2.75, 3.05) is 13.2 Å². The van der Waals surface area contributed by atoms with Gasteiger partial charge in [-0.3, -0.25) is 0 Å². The van der Waals surface area contributed by atoms with Crippen LogP contribution < -0.4 is 10.4 Å². The van der Waals surface area contributed by atoms with E-state index >= 15 is 0 Å². The molecule has 140 valence electrons. The van der Waals surface area contributed by atoms with Crippen molar-refractivity contribution < 1.29 is 14.6 Å². The lowest BCUT2D eigenvalue weighted by molar-refractivity contribution is 0.239. The van der Waals surface area contributed by atoms with Crippen LogP contribution in [0, 0.1) is 0 Å². The molecule has 0 saturated heterocycles. The highest BCUT2D eigenvalue weighted by atomic mass is 28.4. The van der Waals surface area contributed by atoms with Crippen LogP contribution in [0.15, 0.2) is 72.3 Å². The Hall–Kier alpha value is -1.72. The number of benzene rings is 2. The van der Waals surface area contributed by atoms with E-state index in [1.54, 1.807) is 0 Å². The van der Waals surface area contributed by atoms with Gasteiger partial charge in [0.25, 0.3) is 8.32 Å². The fourth-order valence-corrected chi connectivity index (χ4v) is 8.13. The first-order valence-electron chi connectivity index (χ1n) is 9.05. The van der Waals surface area contributed by atoms with Crippen molar-refractivity contribution in [2.45, 2.75) is 38.8 Å². The van der Waals surface area contributed by atoms with Crippen LogP contribution in [0.5, 0.6) is 0 Å². The fraction of sp³-hybridized carbons (Fsp3) is 0.364. The van der Waals surface area contributed by atoms with Crippen LogP contribution in [0.3, 0.4) is 0 Å². The molecule has 0 aromatic heterocycles. The van der Waals surface area contributed by atoms with Gasteiger partial charge in [0.15, 0.2) is 0 Å². The number of rotatable bonds is 7. The summed E-state index contributed by atoms with van der Waals surface area (Å²) in [6, 6.07) is 20.9. The molecule has 0 aliphatic carbocycles. The Morgan fingerprint density at radius 2 is 1.35 bits per heavy atom. The summed E-state index contributed by atoms with van der Waals surface area (Å²) in [6.45, 7) is 8.35. The molecule has 0 spiro atoms. The Balaban J connectivity index is 2.63. The second-order valence-electron chi connectivity index (χ2n) is 7.63. The van der Waals surface area contributed by atoms with Gasteiger partial charge in [0, 0.05) is 0 Å². The van der Waals surface area contributed by atoms with E-state index in [1.807, 2.05) is 25.1 Å². The van der Waals surface area contributed by atoms with Crippen LogP contribution in [0.1, 0.15) is 27.7 Å². The predicted molar refractivity (Wildman–Crippen MR) is 110 cm³/mol. The van der Waals surface area contributed by atoms with E-state index < -0.39 is 8.32 Å². The van der Waals surface area contributed by atoms with E-state index in [2.05, 4.69) is 69.3 Å². The molecule has 0 unspecified atom stereocenters. The maximum atomic E-state index is 9.39. The molecule has 2 rings (SSSR count). The normalized spacial score (nSPS) is 13.3. The molecule has 0 aliphatic heterocycles. The minimum atomic E-state index is -2.61. The highest BCUT2D eigenvalue weighted by Gasteiger charge is 2.50. The highest BCUT2D eigenvalue weighted by Crippen LogP contribution is 2.37. The lowest BCUT2D eigenvalue weighted by atomic mass is 10.2. The fourth-order valence-electron chi connectivity index (χ4n) is 3.49. The van der Waals surface area contributed by atoms with Gasteiger partial charge in [-0.2, -0.15) is 0 Å². The molecule has 0 heterocycles. The Labute approximate surface area is 158 Å². The van der Waals surface area contributed by atoms with Crippen molar-refractivity contribution in [2.24, 2.45) is 0 Å². The Morgan fingerprint density at radius 3 is 1.69 bits per heavy atom. The second kappa shape index (κ2) is 8.78. The molecule has 0 saturated carbocycles. The van der Waals surface area contributed by atoms with Crippen LogP contribution >= 0.6 is 0 Å². The van der Waals surface area contributed by atoms with Crippen LogP contribution in [-0.4, -0.2) is 37.8 Å². The standard InChI is InChI=1S/C22H30O3Si/c1-18(15-19(16-23)17-24)25-26(22(2,3)4,20-11-7-5-8-12-20)21-13-9-6-10-14-21/h5-15,18,23-24H,16-17H2,1-4H3/t18-/m0/s1. The Morgan fingerprint density at radius 1 is 0.923 bits per heavy atom. The number of hydrogen-bond donors (Lipinski definition) is 2. The van der Waals surface area contributed by atoms with Crippen LogP contribution in [0.2, 0.25) is 5.04 Å². The lowest BCUT2D eigenvalue weighted by Gasteiger charge is -2.44. The zero-order valence-corrected chi connectivity index (χ0v) is 17.1. The van der Waals surface area contributed by atoms with Gasteiger partial charge in [-0.1, -0.05) is 87.5 Å². The third-order valence-electron chi connectivity index (χ3n) is 4.66. The van der Waals surface area contributed by atoms with Gasteiger partial charge in [0.05, 0.1) is 19.3 Å². The van der Waals surface area contributed by atoms with Gasteiger partial charge < -0.3 is 14.6 Å². The zero-order valence-electron chi connectivity index (χ0n) is 16.1. The maximum absolute atomic E-state index is 9.39. The van der Waals surface area contributed by atoms with Crippen molar-refractivity contribution in [3.05, 3.63) is 72.3 Å². The van der Waals surface area contributed by atoms with Crippen LogP contribution in [-0.2, 0) is 4.43 Å². The largest absolute Gasteiger partial charge is 0.401 e. The molecule has 0 radical (unpaired) electrons. The average molecular weight is 371 g/mol. The van der Waals surface area contributed by atoms with Crippen molar-refractivity contribution in [1.29, 1.82) is 0 Å². The summed E-state index contributed by atoms with van der Waals surface area (Å²) in [6.07, 6.45) is 1.61. The Bertz CT molecular complexity index is 660. The van der Waals surface area contributed by atoms with Crippen molar-refractivity contribution in [3.8, 4) is 0 Å². The molecule has 0 bridgehead atoms. The average Bonchev–Trinajstić information content (AvgIpc) is 2.64. The summed E-state index contributed by atoms with van der Waals surface area (Å²) < 4.78 is 6.85. The Kier molecular flexibility index (Phi) is 6.95. The number of aliphatic hydroxyl groups is 2. The monoisotopic (exact) mass is 370 g/mol. The number of hydrogen-bond acceptors (Lipinski definition) is 3. The van der Waals surface area contributed by atoms with E-state index in [1.165, 1.54) is 10.4 Å². The summed E-state index contributed by atoms with van der Waals surface area (Å²) in [4.78, 5) is 0. The molecule has 0 fully saturated rings. The first-order chi connectivity index (χ1) is 12.3. The predicted octanol–water partition coefficient (Wildman–Crippen LogP) is 2.86. The summed E-state index contributed by atoms with van der Waals surface area (Å²) in [7, 11) is -2.61. The van der Waals surface area contributed by atoms with E-state index in [9.17, 15) is 10.2 Å². The van der Waals surface area contributed by atoms with E-state index in [-0.39, 0.29) is 24.4 Å². The quantitative estimate of drug-likeness (QED) is 0.582. The maximum Gasteiger partial charge on any atom is 0.261 e. The van der Waals surface area contributed by atoms with E-state index in [4.69, 9.17) is 4.43 Å². The molecular formula is C22H30O3Si. The smallest absolute Gasteiger partial charge is 0.261 e. The van der Waals surface area contributed by atoms with Gasteiger partial charge in [-0.15, -0.1) is 0 Å². The summed E-state index contributed by atoms with van der Waals surface area (Å²) in [5.41, 5.74) is 0.579. The molecular weight excluding hydrogens is 340 g/mol. The minimum Gasteiger partial charge on any atom is -0.401 e. The van der Waals surface area contributed by atoms with Crippen molar-refractivity contribution >= 4 is 18.7 Å². The molecule has 0 aliphatic rings. The third kappa shape index (κ3) is 4.33. The summed E-state index contributed by atoms with van der Waals surface area (Å²) >= 11 is 0. The first kappa shape index (κ1) is 20.6. The zero-order chi connectivity index (χ0) is 19.2. The van der Waals surface area contributed by atoms with Crippen molar-refractivity contribution in [3.63, 3.8) is 0 Å². The molecule has 2 N–H and O–H groups in total. The number of aliphatic hydroxyl groups excluding tert-OH is 2. The van der Waals surface area contributed by atoms with Gasteiger partial charge in [0.1, 0.15) is 0 Å². The summed E-state index contributed by atoms with van der Waals surface area (Å²) in [5, 5.41) is 21.1. The van der Waals surface area contributed by atoms with E-state index in [0.717, 1.165) is 0 Å².